The van der Waals surface area contributed by atoms with E-state index in [1.165, 1.54) is 0 Å². The molecule has 20 atom stereocenters. The maximum atomic E-state index is 11.1. The first kappa shape index (κ1) is 37.0. The van der Waals surface area contributed by atoms with Gasteiger partial charge in [0.1, 0.15) is 97.7 Å². The summed E-state index contributed by atoms with van der Waals surface area (Å²) >= 11 is 0. The van der Waals surface area contributed by atoms with Crippen molar-refractivity contribution in [3.8, 4) is 0 Å². The van der Waals surface area contributed by atoms with Gasteiger partial charge in [-0.3, -0.25) is 0 Å². The molecule has 0 radical (unpaired) electrons. The van der Waals surface area contributed by atoms with Crippen LogP contribution in [0.4, 0.5) is 0 Å². The average Bonchev–Trinajstić information content (AvgIpc) is 3.03. The van der Waals surface area contributed by atoms with Gasteiger partial charge in [0.15, 0.2) is 25.2 Å². The van der Waals surface area contributed by atoms with E-state index >= 15 is 0 Å². The zero-order valence-electron chi connectivity index (χ0n) is 23.5. The summed E-state index contributed by atoms with van der Waals surface area (Å²) in [5.74, 6) is 0. The average molecular weight is 667 g/mol. The lowest BCUT2D eigenvalue weighted by molar-refractivity contribution is -0.383. The first-order valence-corrected chi connectivity index (χ1v) is 14.1. The summed E-state index contributed by atoms with van der Waals surface area (Å²) < 4.78 is 38.0. The molecule has 0 spiro atoms. The monoisotopic (exact) mass is 666 g/mol. The quantitative estimate of drug-likeness (QED) is 0.103. The molecule has 21 nitrogen and oxygen atoms in total. The smallest absolute Gasteiger partial charge is 0.187 e. The van der Waals surface area contributed by atoms with E-state index in [4.69, 9.17) is 33.2 Å². The van der Waals surface area contributed by atoms with E-state index in [1.54, 1.807) is 0 Å². The highest BCUT2D eigenvalue weighted by Crippen LogP contribution is 2.33. The van der Waals surface area contributed by atoms with Crippen LogP contribution >= 0.6 is 0 Å². The first-order chi connectivity index (χ1) is 21.2. The molecule has 0 bridgehead atoms. The second-order valence-electron chi connectivity index (χ2n) is 11.2. The molecule has 0 aromatic rings. The van der Waals surface area contributed by atoms with E-state index in [2.05, 4.69) is 0 Å². The van der Waals surface area contributed by atoms with E-state index in [-0.39, 0.29) is 0 Å². The molecule has 21 heteroatoms. The van der Waals surface area contributed by atoms with Crippen molar-refractivity contribution in [1.82, 2.24) is 0 Å². The lowest BCUT2D eigenvalue weighted by Crippen LogP contribution is -2.67. The third-order valence-corrected chi connectivity index (χ3v) is 8.18. The molecule has 45 heavy (non-hydrogen) atoms. The third kappa shape index (κ3) is 7.59. The molecule has 4 fully saturated rings. The number of aliphatic hydroxyl groups excluding tert-OH is 14. The van der Waals surface area contributed by atoms with Gasteiger partial charge in [0, 0.05) is 0 Å². The number of rotatable bonds is 10. The van der Waals surface area contributed by atoms with E-state index in [9.17, 15) is 71.5 Å². The van der Waals surface area contributed by atoms with Gasteiger partial charge in [-0.1, -0.05) is 0 Å². The summed E-state index contributed by atoms with van der Waals surface area (Å²) in [4.78, 5) is 0. The van der Waals surface area contributed by atoms with E-state index in [0.29, 0.717) is 0 Å². The highest BCUT2D eigenvalue weighted by molar-refractivity contribution is 4.97. The Balaban J connectivity index is 1.56. The summed E-state index contributed by atoms with van der Waals surface area (Å²) in [5, 5.41) is 142. The Hall–Kier alpha value is -0.840. The van der Waals surface area contributed by atoms with Crippen LogP contribution in [0, 0.1) is 0 Å². The van der Waals surface area contributed by atoms with Crippen LogP contribution in [-0.4, -0.2) is 221 Å². The van der Waals surface area contributed by atoms with Crippen LogP contribution in [0.1, 0.15) is 0 Å². The SMILES string of the molecule is OC[C@H]1O[C@H](OC[C@H]2O[C@@H](O[C@H]3[C@H](O)[C@H](O)[C@@H](O)O[C@@H]3CO)[C@@H](O)[C@@H](O)[C@@H]2O[C@@H]2O[C@H](CO)[C@@H](O)[C@H](O)[C@@H]2O)[C@H](O)[C@@H](O)[C@H]1O. The van der Waals surface area contributed by atoms with Gasteiger partial charge < -0.3 is 105 Å². The van der Waals surface area contributed by atoms with Crippen molar-refractivity contribution in [3.63, 3.8) is 0 Å². The summed E-state index contributed by atoms with van der Waals surface area (Å²) in [6, 6.07) is 0. The molecule has 0 aromatic heterocycles. The summed E-state index contributed by atoms with van der Waals surface area (Å²) in [6.45, 7) is -3.21. The maximum Gasteiger partial charge on any atom is 0.187 e. The third-order valence-electron chi connectivity index (χ3n) is 8.18. The van der Waals surface area contributed by atoms with Gasteiger partial charge in [0.25, 0.3) is 0 Å². The van der Waals surface area contributed by atoms with Crippen LogP contribution in [0.25, 0.3) is 0 Å². The van der Waals surface area contributed by atoms with Gasteiger partial charge in [-0.2, -0.15) is 0 Å². The van der Waals surface area contributed by atoms with Crippen molar-refractivity contribution in [2.75, 3.05) is 26.4 Å². The molecule has 264 valence electrons. The molecule has 0 unspecified atom stereocenters. The Bertz CT molecular complexity index is 912. The van der Waals surface area contributed by atoms with Crippen LogP contribution in [0.15, 0.2) is 0 Å². The molecule has 0 saturated carbocycles. The minimum Gasteiger partial charge on any atom is -0.394 e. The topological polar surface area (TPSA) is 348 Å². The van der Waals surface area contributed by atoms with E-state index < -0.39 is 149 Å². The maximum absolute atomic E-state index is 11.1. The van der Waals surface area contributed by atoms with Gasteiger partial charge in [-0.05, 0) is 0 Å². The van der Waals surface area contributed by atoms with Crippen LogP contribution in [0.3, 0.4) is 0 Å². The second kappa shape index (κ2) is 15.6. The van der Waals surface area contributed by atoms with Crippen LogP contribution < -0.4 is 0 Å². The lowest BCUT2D eigenvalue weighted by atomic mass is 9.96. The van der Waals surface area contributed by atoms with Gasteiger partial charge in [0.05, 0.1) is 26.4 Å². The van der Waals surface area contributed by atoms with Gasteiger partial charge >= 0.3 is 0 Å². The second-order valence-corrected chi connectivity index (χ2v) is 11.2. The highest BCUT2D eigenvalue weighted by Gasteiger charge is 2.54. The predicted molar refractivity (Wildman–Crippen MR) is 134 cm³/mol. The fourth-order valence-corrected chi connectivity index (χ4v) is 5.44. The standard InChI is InChI=1S/C24H42O21/c25-1-5-9(28)11(30)16(35)22(41-5)39-4-8-20(45-23-17(36)12(31)10(29)6(2-26)42-23)14(33)18(37)24(43-8)44-19-7(3-27)40-21(38)15(34)13(19)32/h5-38H,1-4H2/t5-,6-,7-,8-,9+,10-,11+,12+,13-,14-,15+,16-,17+,18+,19-,20-,21+,22+,23+,24+/m1/s1. The summed E-state index contributed by atoms with van der Waals surface area (Å²) in [7, 11) is 0. The van der Waals surface area contributed by atoms with Gasteiger partial charge in [0.2, 0.25) is 0 Å². The van der Waals surface area contributed by atoms with E-state index in [1.807, 2.05) is 0 Å². The number of hydrogen-bond donors (Lipinski definition) is 14. The molecule has 4 saturated heterocycles. The Morgan fingerprint density at radius 3 is 1.29 bits per heavy atom. The molecule has 4 rings (SSSR count). The van der Waals surface area contributed by atoms with Crippen molar-refractivity contribution in [1.29, 1.82) is 0 Å². The van der Waals surface area contributed by atoms with Crippen LogP contribution in [0.2, 0.25) is 0 Å². The molecule has 0 amide bonds. The molecule has 4 aliphatic rings. The van der Waals surface area contributed by atoms with Crippen molar-refractivity contribution < 1.29 is 105 Å². The largest absolute Gasteiger partial charge is 0.394 e. The van der Waals surface area contributed by atoms with Crippen molar-refractivity contribution >= 4 is 0 Å². The molecule has 14 N–H and O–H groups in total. The van der Waals surface area contributed by atoms with Gasteiger partial charge in [-0.25, -0.2) is 0 Å². The van der Waals surface area contributed by atoms with E-state index in [0.717, 1.165) is 0 Å². The normalized spacial score (nSPS) is 52.9. The number of hydrogen-bond acceptors (Lipinski definition) is 21. The molecule has 0 aliphatic carbocycles. The summed E-state index contributed by atoms with van der Waals surface area (Å²) in [6.07, 6.45) is -35.6. The fourth-order valence-electron chi connectivity index (χ4n) is 5.44. The number of ether oxygens (including phenoxy) is 7. The molecule has 4 aliphatic heterocycles. The van der Waals surface area contributed by atoms with Crippen LogP contribution in [-0.2, 0) is 33.2 Å². The van der Waals surface area contributed by atoms with Crippen LogP contribution in [0.5, 0.6) is 0 Å². The minimum atomic E-state index is -2.06. The van der Waals surface area contributed by atoms with Crippen molar-refractivity contribution in [2.45, 2.75) is 123 Å². The van der Waals surface area contributed by atoms with Gasteiger partial charge in [-0.15, -0.1) is 0 Å². The highest BCUT2D eigenvalue weighted by atomic mass is 16.8. The fraction of sp³-hybridized carbons (Fsp3) is 1.00. The van der Waals surface area contributed by atoms with Crippen molar-refractivity contribution in [3.05, 3.63) is 0 Å². The summed E-state index contributed by atoms with van der Waals surface area (Å²) in [5.41, 5.74) is 0. The zero-order chi connectivity index (χ0) is 33.3. The van der Waals surface area contributed by atoms with Crippen molar-refractivity contribution in [2.24, 2.45) is 0 Å². The molecule has 0 aromatic carbocycles. The molecular weight excluding hydrogens is 624 g/mol. The lowest BCUT2D eigenvalue weighted by Gasteiger charge is -2.48. The molecular formula is C24H42O21. The first-order valence-electron chi connectivity index (χ1n) is 14.1. The zero-order valence-corrected chi connectivity index (χ0v) is 23.5. The Kier molecular flexibility index (Phi) is 12.8. The number of aliphatic hydroxyl groups is 14. The predicted octanol–water partition coefficient (Wildman–Crippen LogP) is -9.75. The molecule has 4 heterocycles. The minimum absolute atomic E-state index is 0.761. The Morgan fingerprint density at radius 1 is 0.378 bits per heavy atom. The Morgan fingerprint density at radius 2 is 0.778 bits per heavy atom. The Labute approximate surface area is 254 Å².